The number of hydrogen-bond donors (Lipinski definition) is 1. The van der Waals surface area contributed by atoms with Crippen LogP contribution in [0.3, 0.4) is 0 Å². The highest BCUT2D eigenvalue weighted by molar-refractivity contribution is 5.65. The minimum Gasteiger partial charge on any atom is -0.382 e. The Morgan fingerprint density at radius 2 is 2.00 bits per heavy atom. The van der Waals surface area contributed by atoms with E-state index in [0.717, 1.165) is 11.1 Å². The highest BCUT2D eigenvalue weighted by atomic mass is 16.5. The standard InChI is InChI=1S/C12H10N6O/c1-7-2-3-14-6-8(7)11-17-12(19-18-11)9-10(13)16-5-4-15-9/h2-6H,1H3,(H2,13,16). The summed E-state index contributed by atoms with van der Waals surface area (Å²) < 4.78 is 5.17. The first-order chi connectivity index (χ1) is 9.25. The third kappa shape index (κ3) is 2.01. The van der Waals surface area contributed by atoms with Crippen LogP contribution in [0.4, 0.5) is 5.82 Å². The van der Waals surface area contributed by atoms with Gasteiger partial charge in [-0.25, -0.2) is 9.97 Å². The van der Waals surface area contributed by atoms with Crippen molar-refractivity contribution < 1.29 is 4.52 Å². The van der Waals surface area contributed by atoms with Crippen LogP contribution in [0.1, 0.15) is 5.56 Å². The Morgan fingerprint density at radius 3 is 2.79 bits per heavy atom. The topological polar surface area (TPSA) is 104 Å². The molecular formula is C12H10N6O. The zero-order chi connectivity index (χ0) is 13.2. The molecule has 3 heterocycles. The molecule has 3 aromatic rings. The lowest BCUT2D eigenvalue weighted by molar-refractivity contribution is 0.431. The van der Waals surface area contributed by atoms with Crippen molar-refractivity contribution in [1.29, 1.82) is 0 Å². The molecule has 0 bridgehead atoms. The number of rotatable bonds is 2. The summed E-state index contributed by atoms with van der Waals surface area (Å²) in [5.74, 6) is 0.940. The predicted octanol–water partition coefficient (Wildman–Crippen LogP) is 1.48. The molecule has 2 N–H and O–H groups in total. The van der Waals surface area contributed by atoms with Crippen LogP contribution in [0.15, 0.2) is 35.4 Å². The lowest BCUT2D eigenvalue weighted by atomic mass is 10.1. The Labute approximate surface area is 108 Å². The lowest BCUT2D eigenvalue weighted by Crippen LogP contribution is -1.96. The molecule has 0 aromatic carbocycles. The van der Waals surface area contributed by atoms with Gasteiger partial charge in [0.1, 0.15) is 0 Å². The molecule has 3 aromatic heterocycles. The molecule has 0 spiro atoms. The van der Waals surface area contributed by atoms with Gasteiger partial charge in [-0.3, -0.25) is 4.98 Å². The van der Waals surface area contributed by atoms with Gasteiger partial charge in [0.2, 0.25) is 5.82 Å². The van der Waals surface area contributed by atoms with Gasteiger partial charge in [0.15, 0.2) is 11.5 Å². The molecule has 19 heavy (non-hydrogen) atoms. The lowest BCUT2D eigenvalue weighted by Gasteiger charge is -1.97. The first kappa shape index (κ1) is 11.3. The molecule has 0 unspecified atom stereocenters. The van der Waals surface area contributed by atoms with E-state index in [9.17, 15) is 0 Å². The zero-order valence-electron chi connectivity index (χ0n) is 10.1. The van der Waals surface area contributed by atoms with Gasteiger partial charge < -0.3 is 10.3 Å². The summed E-state index contributed by atoms with van der Waals surface area (Å²) in [5, 5.41) is 3.92. The molecule has 94 valence electrons. The minimum atomic E-state index is 0.240. The molecule has 7 nitrogen and oxygen atoms in total. The van der Waals surface area contributed by atoms with Crippen LogP contribution in [0, 0.1) is 6.92 Å². The van der Waals surface area contributed by atoms with Crippen molar-refractivity contribution in [2.75, 3.05) is 5.73 Å². The van der Waals surface area contributed by atoms with Crippen molar-refractivity contribution in [3.63, 3.8) is 0 Å². The van der Waals surface area contributed by atoms with Gasteiger partial charge >= 0.3 is 0 Å². The number of pyridine rings is 1. The number of hydrogen-bond acceptors (Lipinski definition) is 7. The quantitative estimate of drug-likeness (QED) is 0.738. The number of anilines is 1. The third-order valence-corrected chi connectivity index (χ3v) is 2.64. The number of nitrogens with zero attached hydrogens (tertiary/aromatic N) is 5. The van der Waals surface area contributed by atoms with E-state index >= 15 is 0 Å². The fraction of sp³-hybridized carbons (Fsp3) is 0.0833. The largest absolute Gasteiger partial charge is 0.382 e. The smallest absolute Gasteiger partial charge is 0.280 e. The van der Waals surface area contributed by atoms with E-state index in [1.54, 1.807) is 12.4 Å². The van der Waals surface area contributed by atoms with Crippen molar-refractivity contribution in [3.05, 3.63) is 36.4 Å². The summed E-state index contributed by atoms with van der Waals surface area (Å²) >= 11 is 0. The number of nitrogens with two attached hydrogens (primary N) is 1. The van der Waals surface area contributed by atoms with Gasteiger partial charge in [-0.15, -0.1) is 0 Å². The van der Waals surface area contributed by atoms with Crippen molar-refractivity contribution in [2.45, 2.75) is 6.92 Å². The Bertz CT molecular complexity index is 663. The van der Waals surface area contributed by atoms with E-state index in [1.807, 2.05) is 13.0 Å². The van der Waals surface area contributed by atoms with Gasteiger partial charge in [-0.2, -0.15) is 4.98 Å². The van der Waals surface area contributed by atoms with Crippen LogP contribution in [-0.4, -0.2) is 25.1 Å². The molecule has 0 aliphatic carbocycles. The molecule has 0 fully saturated rings. The molecule has 0 atom stereocenters. The van der Waals surface area contributed by atoms with Crippen molar-refractivity contribution in [1.82, 2.24) is 25.1 Å². The molecular weight excluding hydrogens is 244 g/mol. The Balaban J connectivity index is 2.06. The predicted molar refractivity (Wildman–Crippen MR) is 67.7 cm³/mol. The van der Waals surface area contributed by atoms with Crippen molar-refractivity contribution in [3.8, 4) is 23.0 Å². The molecule has 7 heteroatoms. The van der Waals surface area contributed by atoms with Crippen LogP contribution in [0.25, 0.3) is 23.0 Å². The molecule has 0 aliphatic heterocycles. The van der Waals surface area contributed by atoms with Crippen LogP contribution >= 0.6 is 0 Å². The SMILES string of the molecule is Cc1ccncc1-c1noc(-c2nccnc2N)n1. The van der Waals surface area contributed by atoms with Gasteiger partial charge in [-0.05, 0) is 18.6 Å². The fourth-order valence-corrected chi connectivity index (χ4v) is 1.64. The van der Waals surface area contributed by atoms with E-state index in [0.29, 0.717) is 11.5 Å². The number of nitrogen functional groups attached to an aromatic ring is 1. The summed E-state index contributed by atoms with van der Waals surface area (Å²) in [4.78, 5) is 16.3. The summed E-state index contributed by atoms with van der Waals surface area (Å²) in [7, 11) is 0. The first-order valence-electron chi connectivity index (χ1n) is 5.57. The van der Waals surface area contributed by atoms with E-state index in [2.05, 4.69) is 25.1 Å². The number of aryl methyl sites for hydroxylation is 1. The second-order valence-electron chi connectivity index (χ2n) is 3.90. The minimum absolute atomic E-state index is 0.240. The summed E-state index contributed by atoms with van der Waals surface area (Å²) in [6, 6.07) is 1.88. The molecule has 0 saturated heterocycles. The molecule has 3 rings (SSSR count). The highest BCUT2D eigenvalue weighted by Gasteiger charge is 2.15. The van der Waals surface area contributed by atoms with E-state index in [4.69, 9.17) is 10.3 Å². The van der Waals surface area contributed by atoms with E-state index in [-0.39, 0.29) is 11.7 Å². The summed E-state index contributed by atoms with van der Waals surface area (Å²) in [6.07, 6.45) is 6.41. The second-order valence-corrected chi connectivity index (χ2v) is 3.90. The number of aromatic nitrogens is 5. The van der Waals surface area contributed by atoms with E-state index < -0.39 is 0 Å². The van der Waals surface area contributed by atoms with Crippen LogP contribution in [0.5, 0.6) is 0 Å². The van der Waals surface area contributed by atoms with Gasteiger partial charge in [0.05, 0.1) is 0 Å². The Morgan fingerprint density at radius 1 is 1.16 bits per heavy atom. The Kier molecular flexibility index (Phi) is 2.64. The molecule has 0 amide bonds. The maximum atomic E-state index is 5.72. The van der Waals surface area contributed by atoms with Gasteiger partial charge in [-0.1, -0.05) is 5.16 Å². The van der Waals surface area contributed by atoms with E-state index in [1.165, 1.54) is 12.4 Å². The molecule has 0 aliphatic rings. The van der Waals surface area contributed by atoms with Crippen LogP contribution < -0.4 is 5.73 Å². The zero-order valence-corrected chi connectivity index (χ0v) is 10.1. The highest BCUT2D eigenvalue weighted by Crippen LogP contribution is 2.24. The maximum absolute atomic E-state index is 5.72. The molecule has 0 saturated carbocycles. The monoisotopic (exact) mass is 254 g/mol. The van der Waals surface area contributed by atoms with Gasteiger partial charge in [0, 0.05) is 30.4 Å². The average Bonchev–Trinajstić information content (AvgIpc) is 2.89. The third-order valence-electron chi connectivity index (χ3n) is 2.64. The second kappa shape index (κ2) is 4.45. The average molecular weight is 254 g/mol. The maximum Gasteiger partial charge on any atom is 0.280 e. The normalized spacial score (nSPS) is 10.6. The summed E-state index contributed by atoms with van der Waals surface area (Å²) in [6.45, 7) is 1.95. The van der Waals surface area contributed by atoms with Crippen molar-refractivity contribution >= 4 is 5.82 Å². The first-order valence-corrected chi connectivity index (χ1v) is 5.57. The van der Waals surface area contributed by atoms with Crippen LogP contribution in [-0.2, 0) is 0 Å². The Hall–Kier alpha value is -2.83. The van der Waals surface area contributed by atoms with Gasteiger partial charge in [0.25, 0.3) is 5.89 Å². The summed E-state index contributed by atoms with van der Waals surface area (Å²) in [5.41, 5.74) is 7.91. The molecule has 0 radical (unpaired) electrons. The van der Waals surface area contributed by atoms with Crippen LogP contribution in [0.2, 0.25) is 0 Å². The fourth-order valence-electron chi connectivity index (χ4n) is 1.64. The van der Waals surface area contributed by atoms with Crippen molar-refractivity contribution in [2.24, 2.45) is 0 Å².